The van der Waals surface area contributed by atoms with Gasteiger partial charge in [0.15, 0.2) is 5.78 Å². The molecule has 0 aliphatic heterocycles. The number of nitrogens with one attached hydrogen (secondary N) is 2. The van der Waals surface area contributed by atoms with Gasteiger partial charge in [-0.1, -0.05) is 76.7 Å². The van der Waals surface area contributed by atoms with E-state index in [-0.39, 0.29) is 22.3 Å². The highest BCUT2D eigenvalue weighted by molar-refractivity contribution is 8.00. The molecule has 4 rings (SSSR count). The predicted octanol–water partition coefficient (Wildman–Crippen LogP) is 8.68. The lowest BCUT2D eigenvalue weighted by Crippen LogP contribution is -2.30. The minimum absolute atomic E-state index is 0.0244. The summed E-state index contributed by atoms with van der Waals surface area (Å²) in [5, 5.41) is 6.96. The molecule has 0 atom stereocenters. The zero-order chi connectivity index (χ0) is 28.6. The monoisotopic (exact) mass is 628 g/mol. The summed E-state index contributed by atoms with van der Waals surface area (Å²) in [6.45, 7) is 0. The number of thioether (sulfide) groups is 1. The van der Waals surface area contributed by atoms with Gasteiger partial charge in [0.1, 0.15) is 5.70 Å². The molecule has 40 heavy (non-hydrogen) atoms. The van der Waals surface area contributed by atoms with Gasteiger partial charge in [-0.05, 0) is 72.3 Å². The quantitative estimate of drug-likeness (QED) is 0.110. The lowest BCUT2D eigenvalue weighted by Gasteiger charge is -2.13. The molecule has 5 nitrogen and oxygen atoms in total. The molecule has 0 spiro atoms. The van der Waals surface area contributed by atoms with Crippen molar-refractivity contribution in [2.75, 3.05) is 11.1 Å². The number of ketones is 1. The van der Waals surface area contributed by atoms with E-state index in [0.29, 0.717) is 37.4 Å². The standard InChI is InChI=1S/C30H20Cl4N2O3S/c31-20-10-9-19(25(33)14-20)13-27(36-29(38)18-5-2-1-3-6-18)30(39)35-22-7-4-8-23(16-22)40-17-28(37)24-12-11-21(32)15-26(24)34/h1-16H,17H2,(H,35,39)(H,36,38)/b27-13-. The SMILES string of the molecule is O=C(Nc1cccc(SCC(=O)c2ccc(Cl)cc2Cl)c1)/C(=C/c1ccc(Cl)cc1Cl)NC(=O)c1ccccc1. The Balaban J connectivity index is 1.51. The van der Waals surface area contributed by atoms with Gasteiger partial charge in [-0.3, -0.25) is 14.4 Å². The normalized spacial score (nSPS) is 11.2. The Bertz CT molecular complexity index is 1610. The second-order valence-electron chi connectivity index (χ2n) is 8.36. The Morgan fingerprint density at radius 2 is 1.45 bits per heavy atom. The van der Waals surface area contributed by atoms with E-state index in [0.717, 1.165) is 4.90 Å². The van der Waals surface area contributed by atoms with Gasteiger partial charge >= 0.3 is 0 Å². The Kier molecular flexibility index (Phi) is 10.3. The molecule has 4 aromatic rings. The summed E-state index contributed by atoms with van der Waals surface area (Å²) >= 11 is 25.7. The van der Waals surface area contributed by atoms with Crippen molar-refractivity contribution in [2.45, 2.75) is 4.90 Å². The van der Waals surface area contributed by atoms with Crippen LogP contribution in [-0.4, -0.2) is 23.4 Å². The number of Topliss-reactive ketones (excluding diaryl/α,β-unsaturated/α-hetero) is 1. The average molecular weight is 630 g/mol. The molecule has 0 aromatic heterocycles. The highest BCUT2D eigenvalue weighted by Gasteiger charge is 2.17. The highest BCUT2D eigenvalue weighted by Crippen LogP contribution is 2.27. The van der Waals surface area contributed by atoms with Crippen LogP contribution < -0.4 is 10.6 Å². The molecule has 0 radical (unpaired) electrons. The number of carbonyl (C=O) groups is 3. The number of carbonyl (C=O) groups excluding carboxylic acids is 3. The van der Waals surface area contributed by atoms with Crippen molar-refractivity contribution >= 4 is 87.5 Å². The Labute approximate surface area is 255 Å². The molecule has 0 bridgehead atoms. The number of halogens is 4. The van der Waals surface area contributed by atoms with Gasteiger partial charge in [0, 0.05) is 36.8 Å². The molecule has 0 saturated heterocycles. The summed E-state index contributed by atoms with van der Waals surface area (Å²) in [6, 6.07) is 25.1. The number of benzene rings is 4. The Morgan fingerprint density at radius 1 is 0.750 bits per heavy atom. The lowest BCUT2D eigenvalue weighted by atomic mass is 10.1. The smallest absolute Gasteiger partial charge is 0.272 e. The number of amides is 2. The van der Waals surface area contributed by atoms with Gasteiger partial charge in [0.25, 0.3) is 11.8 Å². The lowest BCUT2D eigenvalue weighted by molar-refractivity contribution is -0.113. The zero-order valence-electron chi connectivity index (χ0n) is 20.6. The van der Waals surface area contributed by atoms with Crippen molar-refractivity contribution in [3.63, 3.8) is 0 Å². The van der Waals surface area contributed by atoms with E-state index in [4.69, 9.17) is 46.4 Å². The van der Waals surface area contributed by atoms with Crippen molar-refractivity contribution < 1.29 is 14.4 Å². The van der Waals surface area contributed by atoms with E-state index in [2.05, 4.69) is 10.6 Å². The van der Waals surface area contributed by atoms with Crippen LogP contribution in [0, 0.1) is 0 Å². The third-order valence-corrected chi connectivity index (χ3v) is 7.59. The average Bonchev–Trinajstić information content (AvgIpc) is 2.93. The predicted molar refractivity (Wildman–Crippen MR) is 165 cm³/mol. The van der Waals surface area contributed by atoms with E-state index >= 15 is 0 Å². The first-order valence-corrected chi connectivity index (χ1v) is 14.2. The van der Waals surface area contributed by atoms with Gasteiger partial charge in [0.2, 0.25) is 0 Å². The summed E-state index contributed by atoms with van der Waals surface area (Å²) in [5.74, 6) is -1.06. The van der Waals surface area contributed by atoms with Crippen LogP contribution >= 0.6 is 58.2 Å². The van der Waals surface area contributed by atoms with Crippen LogP contribution in [0.2, 0.25) is 20.1 Å². The van der Waals surface area contributed by atoms with Gasteiger partial charge in [-0.2, -0.15) is 0 Å². The molecule has 0 fully saturated rings. The van der Waals surface area contributed by atoms with E-state index in [1.54, 1.807) is 78.9 Å². The zero-order valence-corrected chi connectivity index (χ0v) is 24.4. The third-order valence-electron chi connectivity index (χ3n) is 5.48. The second kappa shape index (κ2) is 13.9. The summed E-state index contributed by atoms with van der Waals surface area (Å²) in [5.41, 5.74) is 1.70. The largest absolute Gasteiger partial charge is 0.321 e. The van der Waals surface area contributed by atoms with E-state index < -0.39 is 11.8 Å². The molecular formula is C30H20Cl4N2O3S. The molecule has 4 aromatic carbocycles. The topological polar surface area (TPSA) is 75.3 Å². The number of hydrogen-bond acceptors (Lipinski definition) is 4. The van der Waals surface area contributed by atoms with Gasteiger partial charge < -0.3 is 10.6 Å². The van der Waals surface area contributed by atoms with Crippen molar-refractivity contribution in [3.05, 3.63) is 133 Å². The first-order chi connectivity index (χ1) is 19.2. The van der Waals surface area contributed by atoms with Crippen molar-refractivity contribution in [1.82, 2.24) is 5.32 Å². The molecule has 2 amide bonds. The molecule has 2 N–H and O–H groups in total. The maximum Gasteiger partial charge on any atom is 0.272 e. The first kappa shape index (κ1) is 29.7. The van der Waals surface area contributed by atoms with Crippen LogP contribution in [0.1, 0.15) is 26.3 Å². The van der Waals surface area contributed by atoms with Crippen molar-refractivity contribution in [3.8, 4) is 0 Å². The molecule has 202 valence electrons. The Hall–Kier alpha value is -3.26. The summed E-state index contributed by atoms with van der Waals surface area (Å²) in [6.07, 6.45) is 1.47. The molecular weight excluding hydrogens is 610 g/mol. The fourth-order valence-electron chi connectivity index (χ4n) is 3.52. The van der Waals surface area contributed by atoms with Gasteiger partial charge in [0.05, 0.1) is 10.8 Å². The van der Waals surface area contributed by atoms with Crippen molar-refractivity contribution in [2.24, 2.45) is 0 Å². The first-order valence-electron chi connectivity index (χ1n) is 11.8. The molecule has 0 aliphatic rings. The van der Waals surface area contributed by atoms with Crippen LogP contribution in [0.4, 0.5) is 5.69 Å². The molecule has 0 aliphatic carbocycles. The Morgan fingerprint density at radius 3 is 2.15 bits per heavy atom. The maximum absolute atomic E-state index is 13.3. The van der Waals surface area contributed by atoms with Crippen LogP contribution in [0.3, 0.4) is 0 Å². The van der Waals surface area contributed by atoms with Crippen LogP contribution in [0.25, 0.3) is 6.08 Å². The number of rotatable bonds is 9. The number of hydrogen-bond donors (Lipinski definition) is 2. The van der Waals surface area contributed by atoms with Crippen LogP contribution in [-0.2, 0) is 4.79 Å². The fraction of sp³-hybridized carbons (Fsp3) is 0.0333. The van der Waals surface area contributed by atoms with Crippen LogP contribution in [0.15, 0.2) is 102 Å². The van der Waals surface area contributed by atoms with E-state index in [1.807, 2.05) is 6.07 Å². The van der Waals surface area contributed by atoms with Crippen LogP contribution in [0.5, 0.6) is 0 Å². The molecule has 0 unspecified atom stereocenters. The minimum Gasteiger partial charge on any atom is -0.321 e. The summed E-state index contributed by atoms with van der Waals surface area (Å²) < 4.78 is 0. The van der Waals surface area contributed by atoms with E-state index in [9.17, 15) is 14.4 Å². The molecule has 0 saturated carbocycles. The van der Waals surface area contributed by atoms with Gasteiger partial charge in [-0.15, -0.1) is 11.8 Å². The van der Waals surface area contributed by atoms with Gasteiger partial charge in [-0.25, -0.2) is 0 Å². The fourth-order valence-corrected chi connectivity index (χ4v) is 5.34. The second-order valence-corrected chi connectivity index (χ2v) is 11.1. The van der Waals surface area contributed by atoms with E-state index in [1.165, 1.54) is 23.9 Å². The summed E-state index contributed by atoms with van der Waals surface area (Å²) in [4.78, 5) is 39.6. The third kappa shape index (κ3) is 8.13. The molecule has 0 heterocycles. The minimum atomic E-state index is -0.568. The summed E-state index contributed by atoms with van der Waals surface area (Å²) in [7, 11) is 0. The van der Waals surface area contributed by atoms with Crippen molar-refractivity contribution in [1.29, 1.82) is 0 Å². The highest BCUT2D eigenvalue weighted by atomic mass is 35.5. The maximum atomic E-state index is 13.3. The molecule has 10 heteroatoms. The number of anilines is 1.